The summed E-state index contributed by atoms with van der Waals surface area (Å²) in [7, 11) is 0. The fourth-order valence-electron chi connectivity index (χ4n) is 2.86. The van der Waals surface area contributed by atoms with Crippen LogP contribution in [-0.2, 0) is 6.54 Å². The van der Waals surface area contributed by atoms with E-state index in [0.29, 0.717) is 11.3 Å². The number of anilines is 1. The second kappa shape index (κ2) is 6.88. The van der Waals surface area contributed by atoms with E-state index in [4.69, 9.17) is 4.98 Å². The van der Waals surface area contributed by atoms with Gasteiger partial charge in [-0.2, -0.15) is 11.8 Å². The van der Waals surface area contributed by atoms with E-state index in [2.05, 4.69) is 42.7 Å². The molecule has 1 aromatic rings. The monoisotopic (exact) mass is 325 g/mol. The SMILES string of the molecule is CCCNCc1sc(N2CCSC(C)C2C)nc1C1CC1. The van der Waals surface area contributed by atoms with Gasteiger partial charge in [-0.3, -0.25) is 0 Å². The van der Waals surface area contributed by atoms with E-state index in [1.54, 1.807) is 0 Å². The van der Waals surface area contributed by atoms with Gasteiger partial charge in [0.1, 0.15) is 0 Å². The molecule has 1 aromatic heterocycles. The molecule has 3 rings (SSSR count). The average Bonchev–Trinajstić information content (AvgIpc) is 3.24. The predicted octanol–water partition coefficient (Wildman–Crippen LogP) is 3.85. The summed E-state index contributed by atoms with van der Waals surface area (Å²) in [6.07, 6.45) is 3.87. The lowest BCUT2D eigenvalue weighted by Gasteiger charge is -2.37. The molecule has 0 amide bonds. The first-order valence-electron chi connectivity index (χ1n) is 8.29. The lowest BCUT2D eigenvalue weighted by molar-refractivity contribution is 0.624. The van der Waals surface area contributed by atoms with Crippen LogP contribution in [0.15, 0.2) is 0 Å². The van der Waals surface area contributed by atoms with Gasteiger partial charge in [0.2, 0.25) is 0 Å². The largest absolute Gasteiger partial charge is 0.343 e. The van der Waals surface area contributed by atoms with Crippen molar-refractivity contribution in [3.63, 3.8) is 0 Å². The minimum absolute atomic E-state index is 0.596. The van der Waals surface area contributed by atoms with Gasteiger partial charge in [0.15, 0.2) is 5.13 Å². The van der Waals surface area contributed by atoms with Crippen molar-refractivity contribution in [3.8, 4) is 0 Å². The van der Waals surface area contributed by atoms with Crippen molar-refractivity contribution >= 4 is 28.2 Å². The van der Waals surface area contributed by atoms with E-state index >= 15 is 0 Å². The Kier molecular flexibility index (Phi) is 5.12. The Morgan fingerprint density at radius 3 is 2.86 bits per heavy atom. The molecule has 118 valence electrons. The van der Waals surface area contributed by atoms with Crippen LogP contribution < -0.4 is 10.2 Å². The van der Waals surface area contributed by atoms with Crippen molar-refractivity contribution in [1.82, 2.24) is 10.3 Å². The summed E-state index contributed by atoms with van der Waals surface area (Å²) in [5.74, 6) is 1.98. The molecule has 2 aliphatic rings. The Morgan fingerprint density at radius 2 is 2.14 bits per heavy atom. The molecule has 3 nitrogen and oxygen atoms in total. The second-order valence-corrected chi connectivity index (χ2v) is 8.81. The van der Waals surface area contributed by atoms with Gasteiger partial charge in [-0.15, -0.1) is 11.3 Å². The summed E-state index contributed by atoms with van der Waals surface area (Å²) in [6, 6.07) is 0.596. The van der Waals surface area contributed by atoms with Crippen LogP contribution in [0, 0.1) is 0 Å². The van der Waals surface area contributed by atoms with Crippen molar-refractivity contribution in [2.24, 2.45) is 0 Å². The molecule has 0 radical (unpaired) electrons. The van der Waals surface area contributed by atoms with Crippen molar-refractivity contribution in [2.45, 2.75) is 63.8 Å². The molecule has 5 heteroatoms. The maximum atomic E-state index is 5.05. The fourth-order valence-corrected chi connectivity index (χ4v) is 5.19. The summed E-state index contributed by atoms with van der Waals surface area (Å²) in [4.78, 5) is 9.08. The standard InChI is InChI=1S/C16H27N3S2/c1-4-7-17-10-14-15(13-5-6-13)18-16(21-14)19-8-9-20-12(3)11(19)2/h11-13,17H,4-10H2,1-3H3. The predicted molar refractivity (Wildman–Crippen MR) is 94.8 cm³/mol. The summed E-state index contributed by atoms with van der Waals surface area (Å²) in [5, 5.41) is 5.53. The summed E-state index contributed by atoms with van der Waals surface area (Å²) in [5.41, 5.74) is 1.40. The molecule has 2 fully saturated rings. The van der Waals surface area contributed by atoms with E-state index in [9.17, 15) is 0 Å². The second-order valence-electron chi connectivity index (χ2n) is 6.27. The van der Waals surface area contributed by atoms with Crippen LogP contribution in [0.5, 0.6) is 0 Å². The van der Waals surface area contributed by atoms with Crippen molar-refractivity contribution in [3.05, 3.63) is 10.6 Å². The zero-order valence-corrected chi connectivity index (χ0v) is 15.0. The quantitative estimate of drug-likeness (QED) is 0.804. The van der Waals surface area contributed by atoms with Crippen LogP contribution in [0.3, 0.4) is 0 Å². The fraction of sp³-hybridized carbons (Fsp3) is 0.812. The molecule has 0 aromatic carbocycles. The highest BCUT2D eigenvalue weighted by atomic mass is 32.2. The number of thioether (sulfide) groups is 1. The maximum absolute atomic E-state index is 5.05. The van der Waals surface area contributed by atoms with Gasteiger partial charge in [-0.05, 0) is 32.7 Å². The average molecular weight is 326 g/mol. The van der Waals surface area contributed by atoms with E-state index < -0.39 is 0 Å². The molecule has 2 atom stereocenters. The van der Waals surface area contributed by atoms with Gasteiger partial charge in [-0.1, -0.05) is 13.8 Å². The number of aromatic nitrogens is 1. The third kappa shape index (κ3) is 3.57. The molecule has 1 aliphatic carbocycles. The first kappa shape index (κ1) is 15.6. The summed E-state index contributed by atoms with van der Waals surface area (Å²) < 4.78 is 0. The highest BCUT2D eigenvalue weighted by Crippen LogP contribution is 2.45. The molecular weight excluding hydrogens is 298 g/mol. The normalized spacial score (nSPS) is 26.3. The Hall–Kier alpha value is -0.260. The summed E-state index contributed by atoms with van der Waals surface area (Å²) >= 11 is 4.03. The zero-order chi connectivity index (χ0) is 14.8. The van der Waals surface area contributed by atoms with Crippen molar-refractivity contribution < 1.29 is 0 Å². The zero-order valence-electron chi connectivity index (χ0n) is 13.4. The van der Waals surface area contributed by atoms with Gasteiger partial charge in [0, 0.05) is 40.9 Å². The Bertz CT molecular complexity index is 470. The molecule has 0 bridgehead atoms. The molecule has 0 spiro atoms. The van der Waals surface area contributed by atoms with Gasteiger partial charge in [0.25, 0.3) is 0 Å². The summed E-state index contributed by atoms with van der Waals surface area (Å²) in [6.45, 7) is 10.2. The Morgan fingerprint density at radius 1 is 1.33 bits per heavy atom. The topological polar surface area (TPSA) is 28.2 Å². The minimum Gasteiger partial charge on any atom is -0.343 e. The Balaban J connectivity index is 1.77. The molecular formula is C16H27N3S2. The number of nitrogens with one attached hydrogen (secondary N) is 1. The van der Waals surface area contributed by atoms with E-state index in [1.165, 1.54) is 40.7 Å². The number of hydrogen-bond donors (Lipinski definition) is 1. The molecule has 1 N–H and O–H groups in total. The third-order valence-corrected chi connectivity index (χ3v) is 6.97. The van der Waals surface area contributed by atoms with Crippen LogP contribution in [0.25, 0.3) is 0 Å². The first-order valence-corrected chi connectivity index (χ1v) is 10.2. The first-order chi connectivity index (χ1) is 10.2. The van der Waals surface area contributed by atoms with Gasteiger partial charge >= 0.3 is 0 Å². The van der Waals surface area contributed by atoms with E-state index in [-0.39, 0.29) is 0 Å². The van der Waals surface area contributed by atoms with Crippen LogP contribution in [-0.4, -0.2) is 35.1 Å². The number of nitrogens with zero attached hydrogens (tertiary/aromatic N) is 2. The molecule has 2 heterocycles. The van der Waals surface area contributed by atoms with Crippen molar-refractivity contribution in [1.29, 1.82) is 0 Å². The minimum atomic E-state index is 0.596. The number of thiazole rings is 1. The highest BCUT2D eigenvalue weighted by Gasteiger charge is 2.33. The number of hydrogen-bond acceptors (Lipinski definition) is 5. The molecule has 2 unspecified atom stereocenters. The van der Waals surface area contributed by atoms with Crippen molar-refractivity contribution in [2.75, 3.05) is 23.7 Å². The lowest BCUT2D eigenvalue weighted by atomic mass is 10.2. The van der Waals surface area contributed by atoms with E-state index in [0.717, 1.165) is 25.6 Å². The van der Waals surface area contributed by atoms with Crippen LogP contribution in [0.1, 0.15) is 56.5 Å². The smallest absolute Gasteiger partial charge is 0.186 e. The van der Waals surface area contributed by atoms with Gasteiger partial charge in [0.05, 0.1) is 5.69 Å². The van der Waals surface area contributed by atoms with Crippen LogP contribution in [0.2, 0.25) is 0 Å². The maximum Gasteiger partial charge on any atom is 0.186 e. The molecule has 1 saturated carbocycles. The van der Waals surface area contributed by atoms with Gasteiger partial charge in [-0.25, -0.2) is 4.98 Å². The molecule has 21 heavy (non-hydrogen) atoms. The molecule has 1 aliphatic heterocycles. The number of rotatable bonds is 6. The lowest BCUT2D eigenvalue weighted by Crippen LogP contribution is -2.44. The third-order valence-electron chi connectivity index (χ3n) is 4.52. The highest BCUT2D eigenvalue weighted by molar-refractivity contribution is 8.00. The van der Waals surface area contributed by atoms with Gasteiger partial charge < -0.3 is 10.2 Å². The Labute approximate surface area is 136 Å². The van der Waals surface area contributed by atoms with Crippen LogP contribution >= 0.6 is 23.1 Å². The van der Waals surface area contributed by atoms with E-state index in [1.807, 2.05) is 11.3 Å². The van der Waals surface area contributed by atoms with Crippen LogP contribution in [0.4, 0.5) is 5.13 Å². The molecule has 1 saturated heterocycles.